The Labute approximate surface area is 124 Å². The average molecular weight is 294 g/mol. The predicted octanol–water partition coefficient (Wildman–Crippen LogP) is 2.29. The van der Waals surface area contributed by atoms with Crippen LogP contribution in [-0.4, -0.2) is 15.0 Å². The molecule has 0 unspecified atom stereocenters. The Morgan fingerprint density at radius 2 is 2.00 bits per heavy atom. The summed E-state index contributed by atoms with van der Waals surface area (Å²) in [5.41, 5.74) is 2.42. The van der Waals surface area contributed by atoms with E-state index in [1.165, 1.54) is 6.33 Å². The number of rotatable bonds is 1. The molecule has 0 aliphatic carbocycles. The number of hydrogen-bond donors (Lipinski definition) is 0. The molecule has 17 heavy (non-hydrogen) atoms. The van der Waals surface area contributed by atoms with Gasteiger partial charge in [-0.15, -0.1) is 24.2 Å². The van der Waals surface area contributed by atoms with Crippen LogP contribution in [0.2, 0.25) is 0 Å². The molecular weight excluding hydrogens is 287 g/mol. The molecule has 1 radical (unpaired) electrons. The summed E-state index contributed by atoms with van der Waals surface area (Å²) >= 11 is 0. The van der Waals surface area contributed by atoms with E-state index in [2.05, 4.69) is 27.2 Å². The van der Waals surface area contributed by atoms with Gasteiger partial charge in [0, 0.05) is 44.6 Å². The second kappa shape index (κ2) is 5.43. The van der Waals surface area contributed by atoms with E-state index >= 15 is 0 Å². The monoisotopic (exact) mass is 294 g/mol. The van der Waals surface area contributed by atoms with Crippen LogP contribution in [0.25, 0.3) is 22.2 Å². The number of para-hydroxylation sites is 1. The van der Waals surface area contributed by atoms with Crippen molar-refractivity contribution in [1.82, 2.24) is 15.0 Å². The first-order valence-electron chi connectivity index (χ1n) is 4.89. The van der Waals surface area contributed by atoms with Crippen molar-refractivity contribution in [2.75, 3.05) is 0 Å². The van der Waals surface area contributed by atoms with Gasteiger partial charge in [-0.3, -0.25) is 0 Å². The number of nitrogens with zero attached hydrogens (tertiary/aromatic N) is 3. The third-order valence-electron chi connectivity index (χ3n) is 2.30. The summed E-state index contributed by atoms with van der Waals surface area (Å²) < 4.78 is 0. The molecule has 2 aromatic heterocycles. The van der Waals surface area contributed by atoms with Crippen LogP contribution in [0.4, 0.5) is 0 Å². The third-order valence-corrected chi connectivity index (χ3v) is 2.30. The number of fused-ring (bicyclic) bond motifs is 1. The van der Waals surface area contributed by atoms with Gasteiger partial charge in [0.25, 0.3) is 0 Å². The molecule has 0 aliphatic rings. The molecule has 0 spiro atoms. The maximum atomic E-state index is 4.48. The Morgan fingerprint density at radius 1 is 1.12 bits per heavy atom. The van der Waals surface area contributed by atoms with E-state index in [0.717, 1.165) is 22.2 Å². The van der Waals surface area contributed by atoms with Crippen molar-refractivity contribution in [1.29, 1.82) is 0 Å². The van der Waals surface area contributed by atoms with E-state index < -0.39 is 0 Å². The van der Waals surface area contributed by atoms with Crippen molar-refractivity contribution in [3.05, 3.63) is 55.1 Å². The largest absolute Gasteiger partial charge is 0.355 e. The molecule has 0 saturated carbocycles. The Hall–Kier alpha value is -1.19. The first kappa shape index (κ1) is 12.3. The van der Waals surface area contributed by atoms with E-state index in [0.29, 0.717) is 0 Å². The van der Waals surface area contributed by atoms with E-state index in [-0.39, 0.29) is 32.7 Å². The first-order valence-corrected chi connectivity index (χ1v) is 4.89. The molecule has 0 bridgehead atoms. The minimum Gasteiger partial charge on any atom is -0.355 e. The van der Waals surface area contributed by atoms with Crippen LogP contribution in [0.3, 0.4) is 0 Å². The topological polar surface area (TPSA) is 38.7 Å². The van der Waals surface area contributed by atoms with E-state index in [9.17, 15) is 0 Å². The van der Waals surface area contributed by atoms with Gasteiger partial charge < -0.3 is 15.0 Å². The molecule has 0 aliphatic heterocycles. The number of pyridine rings is 1. The zero-order valence-corrected chi connectivity index (χ0v) is 11.8. The zero-order valence-electron chi connectivity index (χ0n) is 8.96. The van der Waals surface area contributed by atoms with Crippen LogP contribution in [0.15, 0.2) is 42.9 Å². The summed E-state index contributed by atoms with van der Waals surface area (Å²) in [6.07, 6.45) is 5.97. The molecule has 3 aromatic rings. The SMILES string of the molecule is [Y].[c-]1ncncc1-c1[c-]cc2ccccc2n1. The van der Waals surface area contributed by atoms with Crippen molar-refractivity contribution in [2.24, 2.45) is 0 Å². The molecule has 0 N–H and O–H groups in total. The molecule has 2 heterocycles. The minimum absolute atomic E-state index is 0. The molecule has 1 aromatic carbocycles. The smallest absolute Gasteiger partial charge is 0.0265 e. The van der Waals surface area contributed by atoms with E-state index in [4.69, 9.17) is 0 Å². The van der Waals surface area contributed by atoms with Crippen LogP contribution < -0.4 is 0 Å². The van der Waals surface area contributed by atoms with Gasteiger partial charge in [-0.2, -0.15) is 11.6 Å². The van der Waals surface area contributed by atoms with E-state index in [1.54, 1.807) is 6.20 Å². The second-order valence-electron chi connectivity index (χ2n) is 3.36. The Bertz CT molecular complexity index is 626. The van der Waals surface area contributed by atoms with Crippen molar-refractivity contribution >= 4 is 10.9 Å². The third kappa shape index (κ3) is 2.56. The van der Waals surface area contributed by atoms with Crippen molar-refractivity contribution in [3.8, 4) is 11.3 Å². The van der Waals surface area contributed by atoms with Crippen LogP contribution in [0, 0.1) is 12.3 Å². The van der Waals surface area contributed by atoms with Gasteiger partial charge in [0.2, 0.25) is 0 Å². The molecule has 4 heteroatoms. The van der Waals surface area contributed by atoms with Crippen LogP contribution in [-0.2, 0) is 32.7 Å². The summed E-state index contributed by atoms with van der Waals surface area (Å²) in [6, 6.07) is 12.9. The summed E-state index contributed by atoms with van der Waals surface area (Å²) in [5, 5.41) is 1.07. The Kier molecular flexibility index (Phi) is 3.92. The standard InChI is InChI=1S/C13H7N3.Y/c1-2-4-12-10(3-1)5-6-13(16-12)11-7-14-9-15-8-11;/h1-5,7,9H;/q-2;. The molecule has 0 saturated heterocycles. The Morgan fingerprint density at radius 3 is 2.82 bits per heavy atom. The van der Waals surface area contributed by atoms with Gasteiger partial charge >= 0.3 is 0 Å². The molecular formula is C13H7N3Y-2. The van der Waals surface area contributed by atoms with Gasteiger partial charge in [-0.1, -0.05) is 17.5 Å². The number of aromatic nitrogens is 3. The van der Waals surface area contributed by atoms with Crippen LogP contribution in [0.5, 0.6) is 0 Å². The minimum atomic E-state index is 0. The predicted molar refractivity (Wildman–Crippen MR) is 60.4 cm³/mol. The van der Waals surface area contributed by atoms with Crippen LogP contribution in [0.1, 0.15) is 0 Å². The maximum Gasteiger partial charge on any atom is 0.0265 e. The second-order valence-corrected chi connectivity index (χ2v) is 3.36. The summed E-state index contributed by atoms with van der Waals surface area (Å²) in [5.74, 6) is 0. The van der Waals surface area contributed by atoms with Crippen molar-refractivity contribution in [2.45, 2.75) is 0 Å². The number of hydrogen-bond acceptors (Lipinski definition) is 3. The summed E-state index contributed by atoms with van der Waals surface area (Å²) in [4.78, 5) is 12.3. The first-order chi connectivity index (χ1) is 7.93. The normalized spacial score (nSPS) is 9.88. The fraction of sp³-hybridized carbons (Fsp3) is 0. The average Bonchev–Trinajstić information content (AvgIpc) is 2.39. The fourth-order valence-corrected chi connectivity index (χ4v) is 1.53. The van der Waals surface area contributed by atoms with Gasteiger partial charge in [0.05, 0.1) is 0 Å². The van der Waals surface area contributed by atoms with Gasteiger partial charge in [0.1, 0.15) is 0 Å². The fourth-order valence-electron chi connectivity index (χ4n) is 1.53. The Balaban J connectivity index is 0.00000108. The van der Waals surface area contributed by atoms with Crippen LogP contribution >= 0.6 is 0 Å². The summed E-state index contributed by atoms with van der Waals surface area (Å²) in [6.45, 7) is 0. The van der Waals surface area contributed by atoms with Crippen molar-refractivity contribution < 1.29 is 32.7 Å². The molecule has 3 rings (SSSR count). The molecule has 3 nitrogen and oxygen atoms in total. The van der Waals surface area contributed by atoms with Crippen molar-refractivity contribution in [3.63, 3.8) is 0 Å². The summed E-state index contributed by atoms with van der Waals surface area (Å²) in [7, 11) is 0. The van der Waals surface area contributed by atoms with E-state index in [1.807, 2.05) is 30.3 Å². The molecule has 0 atom stereocenters. The molecule has 79 valence electrons. The van der Waals surface area contributed by atoms with Gasteiger partial charge in [-0.05, 0) is 6.07 Å². The number of benzene rings is 1. The van der Waals surface area contributed by atoms with Gasteiger partial charge in [0.15, 0.2) is 0 Å². The zero-order chi connectivity index (χ0) is 10.8. The molecule has 0 amide bonds. The quantitative estimate of drug-likeness (QED) is 0.646. The van der Waals surface area contributed by atoms with Gasteiger partial charge in [-0.25, -0.2) is 6.07 Å². The molecule has 0 fully saturated rings. The maximum absolute atomic E-state index is 4.48.